The Morgan fingerprint density at radius 2 is 2.14 bits per heavy atom. The molecule has 1 aliphatic heterocycles. The van der Waals surface area contributed by atoms with Crippen molar-refractivity contribution in [3.05, 3.63) is 29.8 Å². The van der Waals surface area contributed by atoms with E-state index >= 15 is 0 Å². The summed E-state index contributed by atoms with van der Waals surface area (Å²) in [5, 5.41) is 0. The molecule has 118 valence electrons. The van der Waals surface area contributed by atoms with E-state index in [-0.39, 0.29) is 5.91 Å². The minimum absolute atomic E-state index is 0.0988. The number of aryl methyl sites for hydroxylation is 1. The Labute approximate surface area is 131 Å². The largest absolute Gasteiger partial charge is 0.420 e. The summed E-state index contributed by atoms with van der Waals surface area (Å²) in [4.78, 5) is 18.8. The fraction of sp³-hybridized carbons (Fsp3) is 0.529. The fourth-order valence-corrected chi connectivity index (χ4v) is 3.01. The molecule has 1 aliphatic carbocycles. The van der Waals surface area contributed by atoms with E-state index < -0.39 is 0 Å². The molecule has 0 spiro atoms. The van der Waals surface area contributed by atoms with Crippen molar-refractivity contribution in [3.8, 4) is 0 Å². The maximum Gasteiger partial charge on any atom is 0.300 e. The highest BCUT2D eigenvalue weighted by molar-refractivity contribution is 6.11. The van der Waals surface area contributed by atoms with Crippen LogP contribution in [0.25, 0.3) is 6.08 Å². The van der Waals surface area contributed by atoms with Gasteiger partial charge in [-0.15, -0.1) is 0 Å². The average molecular weight is 301 g/mol. The lowest BCUT2D eigenvalue weighted by atomic mass is 9.96. The SMILES string of the molecule is CCN1C(=O)C(=Cc2cccn2C)OC1=NC1CCCCC1. The predicted molar refractivity (Wildman–Crippen MR) is 86.2 cm³/mol. The molecule has 3 rings (SSSR count). The highest BCUT2D eigenvalue weighted by atomic mass is 16.5. The number of rotatable bonds is 3. The Bertz CT molecular complexity index is 609. The first-order chi connectivity index (χ1) is 10.7. The number of likely N-dealkylation sites (N-methyl/N-ethyl adjacent to an activating group) is 1. The first kappa shape index (κ1) is 14.9. The summed E-state index contributed by atoms with van der Waals surface area (Å²) in [5.74, 6) is 0.261. The molecule has 1 amide bonds. The highest BCUT2D eigenvalue weighted by Crippen LogP contribution is 2.24. The standard InChI is InChI=1S/C17H23N3O2/c1-3-20-16(21)15(12-14-10-7-11-19(14)2)22-17(20)18-13-8-5-4-6-9-13/h7,10-13H,3-6,8-9H2,1-2H3. The number of amidine groups is 1. The van der Waals surface area contributed by atoms with Gasteiger partial charge in [0.2, 0.25) is 0 Å². The molecular weight excluding hydrogens is 278 g/mol. The van der Waals surface area contributed by atoms with Gasteiger partial charge in [0.15, 0.2) is 5.76 Å². The molecule has 0 unspecified atom stereocenters. The molecule has 1 aromatic rings. The van der Waals surface area contributed by atoms with Crippen LogP contribution in [-0.2, 0) is 16.6 Å². The zero-order valence-electron chi connectivity index (χ0n) is 13.3. The molecule has 0 bridgehead atoms. The van der Waals surface area contributed by atoms with Crippen LogP contribution < -0.4 is 0 Å². The molecule has 2 heterocycles. The summed E-state index contributed by atoms with van der Waals surface area (Å²) in [7, 11) is 1.94. The minimum atomic E-state index is -0.0988. The fourth-order valence-electron chi connectivity index (χ4n) is 3.01. The van der Waals surface area contributed by atoms with E-state index in [0.29, 0.717) is 24.4 Å². The maximum absolute atomic E-state index is 12.5. The summed E-state index contributed by atoms with van der Waals surface area (Å²) < 4.78 is 7.74. The monoisotopic (exact) mass is 301 g/mol. The van der Waals surface area contributed by atoms with Crippen molar-refractivity contribution in [2.75, 3.05) is 6.54 Å². The van der Waals surface area contributed by atoms with Crippen molar-refractivity contribution in [2.24, 2.45) is 12.0 Å². The van der Waals surface area contributed by atoms with Gasteiger partial charge in [0, 0.05) is 31.6 Å². The van der Waals surface area contributed by atoms with Crippen LogP contribution in [0.2, 0.25) is 0 Å². The number of hydrogen-bond acceptors (Lipinski definition) is 3. The third-order valence-electron chi connectivity index (χ3n) is 4.33. The lowest BCUT2D eigenvalue weighted by molar-refractivity contribution is -0.122. The minimum Gasteiger partial charge on any atom is -0.420 e. The van der Waals surface area contributed by atoms with Gasteiger partial charge in [-0.05, 0) is 31.9 Å². The second kappa shape index (κ2) is 6.38. The molecule has 2 fully saturated rings. The molecule has 1 saturated carbocycles. The zero-order chi connectivity index (χ0) is 15.5. The number of nitrogens with zero attached hydrogens (tertiary/aromatic N) is 3. The summed E-state index contributed by atoms with van der Waals surface area (Å²) in [5.41, 5.74) is 0.943. The molecule has 2 aliphatic rings. The molecular formula is C17H23N3O2. The Hall–Kier alpha value is -2.04. The van der Waals surface area contributed by atoms with Crippen molar-refractivity contribution in [2.45, 2.75) is 45.1 Å². The third-order valence-corrected chi connectivity index (χ3v) is 4.33. The van der Waals surface area contributed by atoms with E-state index in [1.54, 1.807) is 11.0 Å². The Morgan fingerprint density at radius 3 is 2.77 bits per heavy atom. The molecule has 0 N–H and O–H groups in total. The van der Waals surface area contributed by atoms with Crippen LogP contribution in [0, 0.1) is 0 Å². The van der Waals surface area contributed by atoms with Gasteiger partial charge < -0.3 is 9.30 Å². The van der Waals surface area contributed by atoms with Crippen LogP contribution in [-0.4, -0.2) is 34.0 Å². The lowest BCUT2D eigenvalue weighted by Gasteiger charge is -2.19. The second-order valence-electron chi connectivity index (χ2n) is 5.91. The van der Waals surface area contributed by atoms with Crippen LogP contribution in [0.3, 0.4) is 0 Å². The van der Waals surface area contributed by atoms with Crippen LogP contribution in [0.1, 0.15) is 44.7 Å². The number of carbonyl (C=O) groups excluding carboxylic acids is 1. The second-order valence-corrected chi connectivity index (χ2v) is 5.91. The molecule has 0 aromatic carbocycles. The van der Waals surface area contributed by atoms with E-state index in [9.17, 15) is 4.79 Å². The van der Waals surface area contributed by atoms with Crippen molar-refractivity contribution >= 4 is 18.0 Å². The first-order valence-corrected chi connectivity index (χ1v) is 8.09. The summed E-state index contributed by atoms with van der Waals surface area (Å²) in [6, 6.07) is 4.66. The van der Waals surface area contributed by atoms with Gasteiger partial charge in [-0.3, -0.25) is 9.69 Å². The molecule has 5 nitrogen and oxygen atoms in total. The van der Waals surface area contributed by atoms with Crippen LogP contribution in [0.5, 0.6) is 0 Å². The van der Waals surface area contributed by atoms with Gasteiger partial charge in [-0.2, -0.15) is 0 Å². The van der Waals surface area contributed by atoms with E-state index in [0.717, 1.165) is 18.5 Å². The van der Waals surface area contributed by atoms with Crippen LogP contribution in [0.15, 0.2) is 29.1 Å². The Balaban J connectivity index is 1.83. The molecule has 1 saturated heterocycles. The van der Waals surface area contributed by atoms with Gasteiger partial charge in [0.05, 0.1) is 6.04 Å². The molecule has 22 heavy (non-hydrogen) atoms. The van der Waals surface area contributed by atoms with Crippen LogP contribution >= 0.6 is 0 Å². The van der Waals surface area contributed by atoms with Gasteiger partial charge >= 0.3 is 6.02 Å². The Morgan fingerprint density at radius 1 is 1.36 bits per heavy atom. The highest BCUT2D eigenvalue weighted by Gasteiger charge is 2.34. The van der Waals surface area contributed by atoms with E-state index in [1.807, 2.05) is 36.9 Å². The average Bonchev–Trinajstić information content (AvgIpc) is 3.05. The summed E-state index contributed by atoms with van der Waals surface area (Å²) in [6.07, 6.45) is 9.64. The summed E-state index contributed by atoms with van der Waals surface area (Å²) in [6.45, 7) is 2.53. The number of aliphatic imine (C=N–C) groups is 1. The van der Waals surface area contributed by atoms with Gasteiger partial charge in [0.25, 0.3) is 5.91 Å². The van der Waals surface area contributed by atoms with E-state index in [4.69, 9.17) is 9.73 Å². The quantitative estimate of drug-likeness (QED) is 0.806. The lowest BCUT2D eigenvalue weighted by Crippen LogP contribution is -2.30. The topological polar surface area (TPSA) is 46.8 Å². The maximum atomic E-state index is 12.5. The molecule has 1 aromatic heterocycles. The first-order valence-electron chi connectivity index (χ1n) is 8.09. The van der Waals surface area contributed by atoms with Crippen LogP contribution in [0.4, 0.5) is 0 Å². The normalized spacial score (nSPS) is 23.5. The Kier molecular flexibility index (Phi) is 4.32. The number of aromatic nitrogens is 1. The van der Waals surface area contributed by atoms with Gasteiger partial charge in [0.1, 0.15) is 0 Å². The van der Waals surface area contributed by atoms with Crippen molar-refractivity contribution in [1.29, 1.82) is 0 Å². The number of ether oxygens (including phenoxy) is 1. The van der Waals surface area contributed by atoms with Crippen molar-refractivity contribution in [1.82, 2.24) is 9.47 Å². The van der Waals surface area contributed by atoms with E-state index in [1.165, 1.54) is 19.3 Å². The smallest absolute Gasteiger partial charge is 0.300 e. The van der Waals surface area contributed by atoms with Gasteiger partial charge in [-0.25, -0.2) is 4.99 Å². The molecule has 0 radical (unpaired) electrons. The molecule has 5 heteroatoms. The predicted octanol–water partition coefficient (Wildman–Crippen LogP) is 2.93. The number of hydrogen-bond donors (Lipinski definition) is 0. The molecule has 0 atom stereocenters. The van der Waals surface area contributed by atoms with Gasteiger partial charge in [-0.1, -0.05) is 19.3 Å². The van der Waals surface area contributed by atoms with Crippen molar-refractivity contribution < 1.29 is 9.53 Å². The van der Waals surface area contributed by atoms with E-state index in [2.05, 4.69) is 0 Å². The number of carbonyl (C=O) groups is 1. The zero-order valence-corrected chi connectivity index (χ0v) is 13.3. The number of amides is 1. The van der Waals surface area contributed by atoms with Crippen molar-refractivity contribution in [3.63, 3.8) is 0 Å². The third kappa shape index (κ3) is 2.93. The summed E-state index contributed by atoms with van der Waals surface area (Å²) >= 11 is 0.